The number of aryl methyl sites for hydroxylation is 1. The van der Waals surface area contributed by atoms with Crippen molar-refractivity contribution in [2.24, 2.45) is 10.9 Å². The van der Waals surface area contributed by atoms with E-state index in [9.17, 15) is 4.79 Å². The molecule has 0 spiro atoms. The molecule has 0 radical (unpaired) electrons. The van der Waals surface area contributed by atoms with Crippen LogP contribution < -0.4 is 10.6 Å². The average Bonchev–Trinajstić information content (AvgIpc) is 2.71. The topological polar surface area (TPSA) is 60.0 Å². The number of piperazine rings is 1. The summed E-state index contributed by atoms with van der Waals surface area (Å²) in [6.45, 7) is 11.3. The van der Waals surface area contributed by atoms with Crippen LogP contribution in [0.3, 0.4) is 0 Å². The smallest absolute Gasteiger partial charge is 0.225 e. The van der Waals surface area contributed by atoms with Crippen LogP contribution in [0.15, 0.2) is 29.3 Å². The van der Waals surface area contributed by atoms with Gasteiger partial charge in [-0.15, -0.1) is 0 Å². The molecule has 29 heavy (non-hydrogen) atoms. The predicted octanol–water partition coefficient (Wildman–Crippen LogP) is 2.25. The molecule has 160 valence electrons. The summed E-state index contributed by atoms with van der Waals surface area (Å²) >= 11 is 0. The molecule has 1 amide bonds. The Labute approximate surface area is 175 Å². The first-order valence-electron chi connectivity index (χ1n) is 11.3. The Balaban J connectivity index is 1.41. The first kappa shape index (κ1) is 21.6. The monoisotopic (exact) mass is 399 g/mol. The molecular weight excluding hydrogens is 362 g/mol. The molecule has 1 saturated heterocycles. The maximum atomic E-state index is 12.4. The SMILES string of the molecule is CCNC(=NCc1ccccc1CC)NCCN1CCN(C(=O)C2CCC2)CC1. The third-order valence-electron chi connectivity index (χ3n) is 6.11. The summed E-state index contributed by atoms with van der Waals surface area (Å²) in [6, 6.07) is 8.52. The highest BCUT2D eigenvalue weighted by molar-refractivity contribution is 5.80. The minimum Gasteiger partial charge on any atom is -0.357 e. The van der Waals surface area contributed by atoms with Gasteiger partial charge < -0.3 is 15.5 Å². The lowest BCUT2D eigenvalue weighted by Crippen LogP contribution is -2.52. The molecule has 6 nitrogen and oxygen atoms in total. The van der Waals surface area contributed by atoms with E-state index >= 15 is 0 Å². The zero-order chi connectivity index (χ0) is 20.5. The Morgan fingerprint density at radius 2 is 1.79 bits per heavy atom. The number of hydrogen-bond donors (Lipinski definition) is 2. The van der Waals surface area contributed by atoms with E-state index in [1.165, 1.54) is 17.5 Å². The Morgan fingerprint density at radius 3 is 2.41 bits per heavy atom. The van der Waals surface area contributed by atoms with Crippen molar-refractivity contribution in [1.29, 1.82) is 0 Å². The zero-order valence-corrected chi connectivity index (χ0v) is 18.1. The zero-order valence-electron chi connectivity index (χ0n) is 18.1. The Hall–Kier alpha value is -2.08. The number of guanidine groups is 1. The molecule has 2 N–H and O–H groups in total. The van der Waals surface area contributed by atoms with Gasteiger partial charge in [0.25, 0.3) is 0 Å². The predicted molar refractivity (Wildman–Crippen MR) is 119 cm³/mol. The highest BCUT2D eigenvalue weighted by Crippen LogP contribution is 2.28. The molecule has 1 aliphatic carbocycles. The van der Waals surface area contributed by atoms with Crippen molar-refractivity contribution in [3.63, 3.8) is 0 Å². The molecule has 3 rings (SSSR count). The van der Waals surface area contributed by atoms with E-state index in [1.807, 2.05) is 0 Å². The third-order valence-corrected chi connectivity index (χ3v) is 6.11. The summed E-state index contributed by atoms with van der Waals surface area (Å²) in [5, 5.41) is 6.81. The summed E-state index contributed by atoms with van der Waals surface area (Å²) < 4.78 is 0. The molecule has 0 bridgehead atoms. The molecule has 1 aromatic rings. The fourth-order valence-electron chi connectivity index (χ4n) is 4.00. The van der Waals surface area contributed by atoms with Gasteiger partial charge in [-0.25, -0.2) is 4.99 Å². The minimum atomic E-state index is 0.319. The quantitative estimate of drug-likeness (QED) is 0.520. The Bertz CT molecular complexity index is 678. The van der Waals surface area contributed by atoms with Gasteiger partial charge in [-0.1, -0.05) is 37.6 Å². The van der Waals surface area contributed by atoms with Crippen LogP contribution >= 0.6 is 0 Å². The van der Waals surface area contributed by atoms with Crippen molar-refractivity contribution in [3.8, 4) is 0 Å². The van der Waals surface area contributed by atoms with Crippen molar-refractivity contribution in [2.45, 2.75) is 46.1 Å². The van der Waals surface area contributed by atoms with Crippen molar-refractivity contribution < 1.29 is 4.79 Å². The first-order valence-corrected chi connectivity index (χ1v) is 11.3. The van der Waals surface area contributed by atoms with E-state index < -0.39 is 0 Å². The van der Waals surface area contributed by atoms with Gasteiger partial charge in [0.2, 0.25) is 5.91 Å². The number of nitrogens with one attached hydrogen (secondary N) is 2. The van der Waals surface area contributed by atoms with Crippen LogP contribution in [0.4, 0.5) is 0 Å². The molecule has 0 atom stereocenters. The number of benzene rings is 1. The standard InChI is InChI=1S/C23H37N5O/c1-3-19-8-5-6-9-21(19)18-26-23(24-4-2)25-12-13-27-14-16-28(17-15-27)22(29)20-10-7-11-20/h5-6,8-9,20H,3-4,7,10-18H2,1-2H3,(H2,24,25,26). The van der Waals surface area contributed by atoms with Gasteiger partial charge >= 0.3 is 0 Å². The van der Waals surface area contributed by atoms with E-state index in [2.05, 4.69) is 58.5 Å². The normalized spacial score (nSPS) is 18.4. The fourth-order valence-corrected chi connectivity index (χ4v) is 4.00. The summed E-state index contributed by atoms with van der Waals surface area (Å²) in [6.07, 6.45) is 4.45. The van der Waals surface area contributed by atoms with Crippen LogP contribution in [-0.2, 0) is 17.8 Å². The highest BCUT2D eigenvalue weighted by Gasteiger charge is 2.30. The van der Waals surface area contributed by atoms with Crippen molar-refractivity contribution in [3.05, 3.63) is 35.4 Å². The number of hydrogen-bond acceptors (Lipinski definition) is 3. The molecule has 0 unspecified atom stereocenters. The molecule has 1 aromatic carbocycles. The molecule has 0 aromatic heterocycles. The van der Waals surface area contributed by atoms with Crippen molar-refractivity contribution >= 4 is 11.9 Å². The van der Waals surface area contributed by atoms with Crippen LogP contribution in [-0.4, -0.2) is 67.5 Å². The van der Waals surface area contributed by atoms with Gasteiger partial charge in [-0.3, -0.25) is 9.69 Å². The number of rotatable bonds is 8. The van der Waals surface area contributed by atoms with Gasteiger partial charge in [0.15, 0.2) is 5.96 Å². The molecular formula is C23H37N5O. The number of carbonyl (C=O) groups excluding carboxylic acids is 1. The number of aliphatic imine (C=N–C) groups is 1. The van der Waals surface area contributed by atoms with Gasteiger partial charge in [0.1, 0.15) is 0 Å². The second-order valence-corrected chi connectivity index (χ2v) is 8.04. The van der Waals surface area contributed by atoms with E-state index in [0.29, 0.717) is 18.4 Å². The fraction of sp³-hybridized carbons (Fsp3) is 0.652. The van der Waals surface area contributed by atoms with Gasteiger partial charge in [0.05, 0.1) is 6.54 Å². The maximum absolute atomic E-state index is 12.4. The van der Waals surface area contributed by atoms with Crippen LogP contribution in [0.5, 0.6) is 0 Å². The third kappa shape index (κ3) is 6.20. The first-order chi connectivity index (χ1) is 14.2. The summed E-state index contributed by atoms with van der Waals surface area (Å²) in [4.78, 5) is 21.6. The Kier molecular flexibility index (Phi) is 8.35. The lowest BCUT2D eigenvalue weighted by atomic mass is 9.84. The van der Waals surface area contributed by atoms with E-state index in [1.54, 1.807) is 0 Å². The van der Waals surface area contributed by atoms with E-state index in [0.717, 1.165) is 71.0 Å². The molecule has 1 aliphatic heterocycles. The van der Waals surface area contributed by atoms with Crippen molar-refractivity contribution in [1.82, 2.24) is 20.4 Å². The van der Waals surface area contributed by atoms with Crippen LogP contribution in [0, 0.1) is 5.92 Å². The lowest BCUT2D eigenvalue weighted by Gasteiger charge is -2.38. The van der Waals surface area contributed by atoms with Gasteiger partial charge in [-0.2, -0.15) is 0 Å². The average molecular weight is 400 g/mol. The van der Waals surface area contributed by atoms with Crippen LogP contribution in [0.1, 0.15) is 44.2 Å². The Morgan fingerprint density at radius 1 is 1.07 bits per heavy atom. The minimum absolute atomic E-state index is 0.319. The van der Waals surface area contributed by atoms with Gasteiger partial charge in [0, 0.05) is 51.7 Å². The molecule has 1 saturated carbocycles. The maximum Gasteiger partial charge on any atom is 0.225 e. The molecule has 2 aliphatic rings. The molecule has 1 heterocycles. The molecule has 2 fully saturated rings. The highest BCUT2D eigenvalue weighted by atomic mass is 16.2. The number of carbonyl (C=O) groups is 1. The second kappa shape index (κ2) is 11.2. The lowest BCUT2D eigenvalue weighted by molar-refractivity contribution is -0.139. The van der Waals surface area contributed by atoms with E-state index in [4.69, 9.17) is 4.99 Å². The van der Waals surface area contributed by atoms with Crippen LogP contribution in [0.2, 0.25) is 0 Å². The number of amides is 1. The molecule has 6 heteroatoms. The van der Waals surface area contributed by atoms with Gasteiger partial charge in [-0.05, 0) is 37.3 Å². The van der Waals surface area contributed by atoms with Crippen molar-refractivity contribution in [2.75, 3.05) is 45.8 Å². The summed E-state index contributed by atoms with van der Waals surface area (Å²) in [5.74, 6) is 1.58. The number of nitrogens with zero attached hydrogens (tertiary/aromatic N) is 3. The second-order valence-electron chi connectivity index (χ2n) is 8.04. The van der Waals surface area contributed by atoms with Crippen LogP contribution in [0.25, 0.3) is 0 Å². The largest absolute Gasteiger partial charge is 0.357 e. The van der Waals surface area contributed by atoms with E-state index in [-0.39, 0.29) is 0 Å². The summed E-state index contributed by atoms with van der Waals surface area (Å²) in [7, 11) is 0. The summed E-state index contributed by atoms with van der Waals surface area (Å²) in [5.41, 5.74) is 2.65.